The van der Waals surface area contributed by atoms with Crippen molar-refractivity contribution >= 4 is 40.4 Å². The van der Waals surface area contributed by atoms with Crippen molar-refractivity contribution in [1.82, 2.24) is 4.57 Å². The van der Waals surface area contributed by atoms with Gasteiger partial charge in [0.1, 0.15) is 25.5 Å². The van der Waals surface area contributed by atoms with E-state index in [2.05, 4.69) is 0 Å². The summed E-state index contributed by atoms with van der Waals surface area (Å²) < 4.78 is 9.96. The van der Waals surface area contributed by atoms with Crippen molar-refractivity contribution in [3.05, 3.63) is 120 Å². The van der Waals surface area contributed by atoms with Gasteiger partial charge in [-0.3, -0.25) is 20.2 Å². The smallest absolute Gasteiger partial charge is 0.317 e. The van der Waals surface area contributed by atoms with Gasteiger partial charge in [0.2, 0.25) is 6.33 Å². The van der Waals surface area contributed by atoms with Crippen molar-refractivity contribution in [3.63, 3.8) is 0 Å². The molecule has 0 saturated heterocycles. The van der Waals surface area contributed by atoms with Gasteiger partial charge in [0, 0.05) is 16.0 Å². The van der Waals surface area contributed by atoms with Crippen molar-refractivity contribution in [3.8, 4) is 5.75 Å². The van der Waals surface area contributed by atoms with Gasteiger partial charge in [-0.15, -0.1) is 11.3 Å². The molecule has 4 aromatic rings. The molecule has 178 valence electrons. The molecule has 0 saturated carbocycles. The lowest BCUT2D eigenvalue weighted by Crippen LogP contribution is -2.30. The third kappa shape index (κ3) is 6.31. The lowest BCUT2D eigenvalue weighted by atomic mass is 10.2. The third-order valence-electron chi connectivity index (χ3n) is 5.10. The topological polar surface area (TPSA) is 104 Å². The number of ether oxygens (including phenoxy) is 1. The second-order valence-electron chi connectivity index (χ2n) is 7.55. The molecular weight excluding hydrogens is 492 g/mol. The van der Waals surface area contributed by atoms with Gasteiger partial charge in [-0.1, -0.05) is 35.9 Å². The third-order valence-corrected chi connectivity index (χ3v) is 6.32. The van der Waals surface area contributed by atoms with E-state index in [1.165, 1.54) is 23.5 Å². The Labute approximate surface area is 209 Å². The number of aromatic nitrogens is 2. The average Bonchev–Trinajstić information content (AvgIpc) is 3.52. The van der Waals surface area contributed by atoms with E-state index in [1.54, 1.807) is 0 Å². The van der Waals surface area contributed by atoms with Gasteiger partial charge in [-0.2, -0.15) is 0 Å². The van der Waals surface area contributed by atoms with Gasteiger partial charge < -0.3 is 4.74 Å². The molecule has 0 bridgehead atoms. The van der Waals surface area contributed by atoms with Gasteiger partial charge in [0.25, 0.3) is 5.69 Å². The molecule has 9 nitrogen and oxygen atoms in total. The van der Waals surface area contributed by atoms with Gasteiger partial charge in [-0.05, 0) is 41.3 Å². The largest absolute Gasteiger partial charge is 0.474 e. The zero-order chi connectivity index (χ0) is 24.8. The van der Waals surface area contributed by atoms with Crippen LogP contribution in [0.15, 0.2) is 84.8 Å². The molecule has 2 heterocycles. The maximum Gasteiger partial charge on any atom is 0.317 e. The number of hydrogen-bond donors (Lipinski definition) is 0. The summed E-state index contributed by atoms with van der Waals surface area (Å²) in [5.74, 6) is -0.0232. The monoisotopic (exact) mass is 511 g/mol. The Morgan fingerprint density at radius 3 is 2.60 bits per heavy atom. The SMILES string of the molecule is O=[N+]([O-])c1ccc(OC(Cn2cc[n+](C/C=C/c3ccc(Cl)cc3)c2)c2cccs2)c([N+](=O)[O-])c1. The van der Waals surface area contributed by atoms with E-state index in [0.29, 0.717) is 18.1 Å². The summed E-state index contributed by atoms with van der Waals surface area (Å²) in [7, 11) is 0. The fraction of sp³-hybridized carbons (Fsp3) is 0.125. The Hall–Kier alpha value is -4.02. The fourth-order valence-electron chi connectivity index (χ4n) is 3.41. The second kappa shape index (κ2) is 10.9. The molecule has 1 atom stereocenters. The van der Waals surface area contributed by atoms with Crippen LogP contribution in [-0.2, 0) is 13.1 Å². The number of benzene rings is 2. The summed E-state index contributed by atoms with van der Waals surface area (Å²) in [5, 5.41) is 25.2. The molecule has 0 fully saturated rings. The normalized spacial score (nSPS) is 12.0. The Kier molecular flexibility index (Phi) is 7.54. The molecular formula is C24H20ClN4O5S+. The van der Waals surface area contributed by atoms with E-state index in [4.69, 9.17) is 16.3 Å². The van der Waals surface area contributed by atoms with Crippen LogP contribution in [0.4, 0.5) is 11.4 Å². The Morgan fingerprint density at radius 2 is 1.91 bits per heavy atom. The first kappa shape index (κ1) is 24.1. The highest BCUT2D eigenvalue weighted by atomic mass is 35.5. The van der Waals surface area contributed by atoms with Crippen LogP contribution >= 0.6 is 22.9 Å². The minimum atomic E-state index is -0.676. The molecule has 0 aliphatic heterocycles. The van der Waals surface area contributed by atoms with E-state index < -0.39 is 21.6 Å². The van der Waals surface area contributed by atoms with Crippen molar-refractivity contribution < 1.29 is 19.2 Å². The second-order valence-corrected chi connectivity index (χ2v) is 8.96. The molecule has 0 spiro atoms. The van der Waals surface area contributed by atoms with Crippen LogP contribution in [0.1, 0.15) is 16.5 Å². The summed E-state index contributed by atoms with van der Waals surface area (Å²) in [5.41, 5.74) is 0.232. The average molecular weight is 512 g/mol. The predicted octanol–water partition coefficient (Wildman–Crippen LogP) is 5.84. The number of nitro groups is 2. The molecule has 35 heavy (non-hydrogen) atoms. The minimum Gasteiger partial charge on any atom is -0.474 e. The van der Waals surface area contributed by atoms with Crippen molar-refractivity contribution in [2.45, 2.75) is 19.2 Å². The highest BCUT2D eigenvalue weighted by Crippen LogP contribution is 2.35. The van der Waals surface area contributed by atoms with Crippen LogP contribution in [0, 0.1) is 20.2 Å². The van der Waals surface area contributed by atoms with Crippen LogP contribution < -0.4 is 9.30 Å². The highest BCUT2D eigenvalue weighted by molar-refractivity contribution is 7.10. The van der Waals surface area contributed by atoms with Crippen LogP contribution in [0.2, 0.25) is 5.02 Å². The Morgan fingerprint density at radius 1 is 1.11 bits per heavy atom. The molecule has 0 aliphatic rings. The summed E-state index contributed by atoms with van der Waals surface area (Å²) >= 11 is 7.38. The lowest BCUT2D eigenvalue weighted by molar-refractivity contribution is -0.686. The van der Waals surface area contributed by atoms with Crippen LogP contribution in [0.25, 0.3) is 6.08 Å². The molecule has 4 rings (SSSR count). The highest BCUT2D eigenvalue weighted by Gasteiger charge is 2.26. The summed E-state index contributed by atoms with van der Waals surface area (Å²) in [6.45, 7) is 1.04. The maximum atomic E-state index is 11.5. The molecule has 0 radical (unpaired) electrons. The molecule has 11 heteroatoms. The summed E-state index contributed by atoms with van der Waals surface area (Å²) in [6.07, 6.45) is 9.24. The minimum absolute atomic E-state index is 0.0232. The van der Waals surface area contributed by atoms with Gasteiger partial charge in [-0.25, -0.2) is 9.13 Å². The van der Waals surface area contributed by atoms with Gasteiger partial charge in [0.15, 0.2) is 11.9 Å². The predicted molar refractivity (Wildman–Crippen MR) is 133 cm³/mol. The standard InChI is InChI=1S/C24H20ClN4O5S/c25-19-7-5-18(6-8-19)3-1-11-26-12-13-27(17-26)16-23(24-4-2-14-35-24)34-22-10-9-20(28(30)31)15-21(22)29(32)33/h1-10,12-15,17,23H,11,16H2/q+1/b3-1+. The number of allylic oxidation sites excluding steroid dienone is 1. The fourth-order valence-corrected chi connectivity index (χ4v) is 4.28. The van der Waals surface area contributed by atoms with Gasteiger partial charge in [0.05, 0.1) is 15.9 Å². The zero-order valence-electron chi connectivity index (χ0n) is 18.3. The number of hydrogen-bond acceptors (Lipinski definition) is 6. The van der Waals surface area contributed by atoms with E-state index in [-0.39, 0.29) is 11.4 Å². The summed E-state index contributed by atoms with van der Waals surface area (Å²) in [4.78, 5) is 22.1. The van der Waals surface area contributed by atoms with Crippen molar-refractivity contribution in [1.29, 1.82) is 0 Å². The van der Waals surface area contributed by atoms with E-state index >= 15 is 0 Å². The maximum absolute atomic E-state index is 11.5. The number of imidazole rings is 1. The molecule has 0 aliphatic carbocycles. The number of nitrogens with zero attached hydrogens (tertiary/aromatic N) is 4. The summed E-state index contributed by atoms with van der Waals surface area (Å²) in [6, 6.07) is 14.7. The van der Waals surface area contributed by atoms with E-state index in [1.807, 2.05) is 81.8 Å². The van der Waals surface area contributed by atoms with Crippen LogP contribution in [0.3, 0.4) is 0 Å². The molecule has 2 aromatic heterocycles. The first-order chi connectivity index (χ1) is 16.9. The molecule has 2 aromatic carbocycles. The molecule has 1 unspecified atom stereocenters. The van der Waals surface area contributed by atoms with E-state index in [9.17, 15) is 20.2 Å². The van der Waals surface area contributed by atoms with Crippen molar-refractivity contribution in [2.24, 2.45) is 0 Å². The van der Waals surface area contributed by atoms with Crippen LogP contribution in [0.5, 0.6) is 5.75 Å². The quantitative estimate of drug-likeness (QED) is 0.151. The van der Waals surface area contributed by atoms with Crippen molar-refractivity contribution in [2.75, 3.05) is 0 Å². The Balaban J connectivity index is 1.50. The number of halogens is 1. The number of rotatable bonds is 10. The number of thiophene rings is 1. The first-order valence-electron chi connectivity index (χ1n) is 10.5. The van der Waals surface area contributed by atoms with Gasteiger partial charge >= 0.3 is 5.69 Å². The Bertz CT molecular complexity index is 1350. The number of non-ortho nitro benzene ring substituents is 1. The number of nitro benzene ring substituents is 2. The zero-order valence-corrected chi connectivity index (χ0v) is 19.8. The van der Waals surface area contributed by atoms with E-state index in [0.717, 1.165) is 16.5 Å². The lowest BCUT2D eigenvalue weighted by Gasteiger charge is -2.16. The molecule has 0 amide bonds. The first-order valence-corrected chi connectivity index (χ1v) is 11.7. The molecule has 0 N–H and O–H groups in total. The van der Waals surface area contributed by atoms with Crippen LogP contribution in [-0.4, -0.2) is 14.4 Å².